The Bertz CT molecular complexity index is 484. The molecule has 1 heterocycles. The van der Waals surface area contributed by atoms with Crippen molar-refractivity contribution in [2.45, 2.75) is 31.9 Å². The van der Waals surface area contributed by atoms with E-state index < -0.39 is 10.8 Å². The van der Waals surface area contributed by atoms with E-state index in [1.54, 1.807) is 13.3 Å². The number of carbonyl (C=O) groups excluding carboxylic acids is 1. The summed E-state index contributed by atoms with van der Waals surface area (Å²) in [6, 6.07) is 0. The van der Waals surface area contributed by atoms with Crippen molar-refractivity contribution in [3.05, 3.63) is 11.4 Å². The van der Waals surface area contributed by atoms with Crippen molar-refractivity contribution in [3.63, 3.8) is 0 Å². The topological polar surface area (TPSA) is 90.0 Å². The second kappa shape index (κ2) is 6.70. The monoisotopic (exact) mass is 286 g/mol. The lowest BCUT2D eigenvalue weighted by Crippen LogP contribution is -2.29. The molecule has 0 bridgehead atoms. The van der Waals surface area contributed by atoms with Crippen LogP contribution in [0, 0.1) is 0 Å². The van der Waals surface area contributed by atoms with E-state index in [1.165, 1.54) is 4.68 Å². The number of hydrogen-bond donors (Lipinski definition) is 2. The average molecular weight is 286 g/mol. The molecule has 0 radical (unpaired) electrons. The van der Waals surface area contributed by atoms with Crippen LogP contribution in [0.2, 0.25) is 0 Å². The van der Waals surface area contributed by atoms with Crippen molar-refractivity contribution in [1.29, 1.82) is 0 Å². The molecule has 108 valence electrons. The van der Waals surface area contributed by atoms with Gasteiger partial charge in [-0.3, -0.25) is 13.7 Å². The molecule has 1 aromatic rings. The Kier molecular flexibility index (Phi) is 5.53. The highest BCUT2D eigenvalue weighted by Gasteiger charge is 2.18. The quantitative estimate of drug-likeness (QED) is 0.794. The van der Waals surface area contributed by atoms with Gasteiger partial charge in [0.25, 0.3) is 5.91 Å². The van der Waals surface area contributed by atoms with Gasteiger partial charge in [-0.2, -0.15) is 5.10 Å². The highest BCUT2D eigenvalue weighted by molar-refractivity contribution is 7.84. The zero-order chi connectivity index (χ0) is 14.6. The average Bonchev–Trinajstić information content (AvgIpc) is 2.63. The third-order valence-corrected chi connectivity index (χ3v) is 4.48. The maximum atomic E-state index is 12.0. The van der Waals surface area contributed by atoms with Gasteiger partial charge in [0.2, 0.25) is 0 Å². The number of aromatic nitrogens is 2. The summed E-state index contributed by atoms with van der Waals surface area (Å²) in [6.45, 7) is 4.32. The van der Waals surface area contributed by atoms with Crippen LogP contribution < -0.4 is 11.1 Å². The molecule has 3 N–H and O–H groups in total. The van der Waals surface area contributed by atoms with Crippen LogP contribution in [0.25, 0.3) is 0 Å². The second-order valence-corrected chi connectivity index (χ2v) is 6.34. The smallest absolute Gasteiger partial charge is 0.271 e. The minimum atomic E-state index is -0.869. The van der Waals surface area contributed by atoms with Crippen LogP contribution in [-0.4, -0.2) is 37.9 Å². The number of carbonyl (C=O) groups is 1. The Hall–Kier alpha value is -1.37. The standard InChI is InChI=1S/C12H22N4O2S/c1-5-9-10(13)11(16(3)15-9)12(17)14-7-6-8(2)19(4)18/h8H,5-7,13H2,1-4H3,(H,14,17). The third kappa shape index (κ3) is 3.79. The van der Waals surface area contributed by atoms with Crippen molar-refractivity contribution in [1.82, 2.24) is 15.1 Å². The lowest BCUT2D eigenvalue weighted by Gasteiger charge is -2.09. The Labute approximate surface area is 116 Å². The molecule has 0 aliphatic heterocycles. The van der Waals surface area contributed by atoms with Gasteiger partial charge in [0.1, 0.15) is 5.69 Å². The molecule has 0 aliphatic carbocycles. The minimum absolute atomic E-state index is 0.0652. The molecule has 7 heteroatoms. The summed E-state index contributed by atoms with van der Waals surface area (Å²) < 4.78 is 12.7. The van der Waals surface area contributed by atoms with Gasteiger partial charge in [0.05, 0.1) is 11.4 Å². The Morgan fingerprint density at radius 2 is 2.21 bits per heavy atom. The maximum absolute atomic E-state index is 12.0. The highest BCUT2D eigenvalue weighted by atomic mass is 32.2. The largest absolute Gasteiger partial charge is 0.395 e. The molecule has 0 fully saturated rings. The molecule has 0 saturated carbocycles. The molecule has 1 aromatic heterocycles. The number of rotatable bonds is 6. The summed E-state index contributed by atoms with van der Waals surface area (Å²) in [6.07, 6.45) is 3.03. The summed E-state index contributed by atoms with van der Waals surface area (Å²) in [5.41, 5.74) is 7.46. The summed E-state index contributed by atoms with van der Waals surface area (Å²) in [5, 5.41) is 7.06. The van der Waals surface area contributed by atoms with Crippen LogP contribution in [0.5, 0.6) is 0 Å². The van der Waals surface area contributed by atoms with E-state index in [2.05, 4.69) is 10.4 Å². The maximum Gasteiger partial charge on any atom is 0.271 e. The normalized spacial score (nSPS) is 14.1. The Morgan fingerprint density at radius 1 is 1.58 bits per heavy atom. The van der Waals surface area contributed by atoms with E-state index in [0.717, 1.165) is 5.69 Å². The van der Waals surface area contributed by atoms with Gasteiger partial charge < -0.3 is 11.1 Å². The molecule has 0 aliphatic rings. The summed E-state index contributed by atoms with van der Waals surface area (Å²) >= 11 is 0. The molecule has 0 spiro atoms. The van der Waals surface area contributed by atoms with Crippen molar-refractivity contribution in [3.8, 4) is 0 Å². The molecule has 2 atom stereocenters. The molecule has 6 nitrogen and oxygen atoms in total. The van der Waals surface area contributed by atoms with Gasteiger partial charge in [-0.05, 0) is 12.8 Å². The first-order valence-corrected chi connectivity index (χ1v) is 7.92. The first-order chi connectivity index (χ1) is 8.88. The van der Waals surface area contributed by atoms with Crippen LogP contribution in [0.4, 0.5) is 5.69 Å². The van der Waals surface area contributed by atoms with Gasteiger partial charge in [-0.15, -0.1) is 0 Å². The Morgan fingerprint density at radius 3 is 2.68 bits per heavy atom. The van der Waals surface area contributed by atoms with E-state index in [9.17, 15) is 9.00 Å². The van der Waals surface area contributed by atoms with E-state index in [0.29, 0.717) is 30.8 Å². The fourth-order valence-corrected chi connectivity index (χ4v) is 2.21. The summed E-state index contributed by atoms with van der Waals surface area (Å²) in [4.78, 5) is 12.0. The van der Waals surface area contributed by atoms with Crippen LogP contribution in [0.15, 0.2) is 0 Å². The van der Waals surface area contributed by atoms with Crippen LogP contribution in [-0.2, 0) is 24.3 Å². The van der Waals surface area contributed by atoms with Crippen molar-refractivity contribution >= 4 is 22.4 Å². The van der Waals surface area contributed by atoms with E-state index in [1.807, 2.05) is 13.8 Å². The zero-order valence-electron chi connectivity index (χ0n) is 11.9. The van der Waals surface area contributed by atoms with Gasteiger partial charge >= 0.3 is 0 Å². The fourth-order valence-electron chi connectivity index (χ4n) is 1.77. The number of nitrogens with one attached hydrogen (secondary N) is 1. The number of nitrogens with two attached hydrogens (primary N) is 1. The molecule has 19 heavy (non-hydrogen) atoms. The third-order valence-electron chi connectivity index (χ3n) is 3.11. The molecule has 1 amide bonds. The number of nitrogens with zero attached hydrogens (tertiary/aromatic N) is 2. The summed E-state index contributed by atoms with van der Waals surface area (Å²) in [5.74, 6) is -0.235. The summed E-state index contributed by atoms with van der Waals surface area (Å²) in [7, 11) is 0.833. The van der Waals surface area contributed by atoms with E-state index >= 15 is 0 Å². The van der Waals surface area contributed by atoms with Crippen molar-refractivity contribution in [2.24, 2.45) is 7.05 Å². The molecular formula is C12H22N4O2S. The first-order valence-electron chi connectivity index (χ1n) is 6.30. The van der Waals surface area contributed by atoms with Crippen LogP contribution >= 0.6 is 0 Å². The molecule has 0 aromatic carbocycles. The fraction of sp³-hybridized carbons (Fsp3) is 0.667. The van der Waals surface area contributed by atoms with Crippen molar-refractivity contribution in [2.75, 3.05) is 18.5 Å². The van der Waals surface area contributed by atoms with Crippen LogP contribution in [0.3, 0.4) is 0 Å². The molecule has 0 saturated heterocycles. The molecule has 2 unspecified atom stereocenters. The molecule has 1 rings (SSSR count). The number of anilines is 1. The second-order valence-electron chi connectivity index (χ2n) is 4.54. The zero-order valence-corrected chi connectivity index (χ0v) is 12.7. The SMILES string of the molecule is CCc1nn(C)c(C(=O)NCCC(C)S(C)=O)c1N. The predicted octanol–water partition coefficient (Wildman–Crippen LogP) is 0.452. The lowest BCUT2D eigenvalue weighted by molar-refractivity contribution is 0.0945. The van der Waals surface area contributed by atoms with Crippen molar-refractivity contribution < 1.29 is 9.00 Å². The van der Waals surface area contributed by atoms with Crippen LogP contribution in [0.1, 0.15) is 36.5 Å². The Balaban J connectivity index is 2.64. The van der Waals surface area contributed by atoms with Gasteiger partial charge in [0.15, 0.2) is 0 Å². The number of hydrogen-bond acceptors (Lipinski definition) is 4. The number of amides is 1. The lowest BCUT2D eigenvalue weighted by atomic mass is 10.2. The predicted molar refractivity (Wildman–Crippen MR) is 77.5 cm³/mol. The van der Waals surface area contributed by atoms with E-state index in [4.69, 9.17) is 5.73 Å². The number of nitrogen functional groups attached to an aromatic ring is 1. The minimum Gasteiger partial charge on any atom is -0.395 e. The van der Waals surface area contributed by atoms with Gasteiger partial charge in [0, 0.05) is 35.9 Å². The van der Waals surface area contributed by atoms with Gasteiger partial charge in [-0.25, -0.2) is 0 Å². The highest BCUT2D eigenvalue weighted by Crippen LogP contribution is 2.16. The molecular weight excluding hydrogens is 264 g/mol. The van der Waals surface area contributed by atoms with Gasteiger partial charge in [-0.1, -0.05) is 13.8 Å². The van der Waals surface area contributed by atoms with E-state index in [-0.39, 0.29) is 11.2 Å². The number of aryl methyl sites for hydroxylation is 2. The first kappa shape index (κ1) is 15.7.